The fraction of sp³-hybridized carbons (Fsp3) is 0.571. The number of rotatable bonds is 3. The van der Waals surface area contributed by atoms with Crippen molar-refractivity contribution in [2.45, 2.75) is 25.1 Å². The molecule has 0 aromatic rings. The van der Waals surface area contributed by atoms with Gasteiger partial charge in [0.1, 0.15) is 0 Å². The summed E-state index contributed by atoms with van der Waals surface area (Å²) in [6.07, 6.45) is -6.41. The SMILES string of the molecule is C=C(C)C(=O)OC(O)(F)C(F)(F)C(F)(F)F. The van der Waals surface area contributed by atoms with Crippen molar-refractivity contribution in [3.63, 3.8) is 0 Å². The van der Waals surface area contributed by atoms with Gasteiger partial charge in [0.05, 0.1) is 0 Å². The maximum Gasteiger partial charge on any atom is 0.463 e. The standard InChI is InChI=1S/C7H6F6O3/c1-3(2)4(14)16-7(13,15)5(8,9)6(10,11)12/h15H,1H2,2H3. The van der Waals surface area contributed by atoms with Crippen molar-refractivity contribution in [1.82, 2.24) is 0 Å². The predicted molar refractivity (Wildman–Crippen MR) is 38.0 cm³/mol. The molecular formula is C7H6F6O3. The van der Waals surface area contributed by atoms with Gasteiger partial charge in [0, 0.05) is 5.57 Å². The Morgan fingerprint density at radius 3 is 1.81 bits per heavy atom. The Hall–Kier alpha value is -1.25. The first kappa shape index (κ1) is 14.8. The highest BCUT2D eigenvalue weighted by molar-refractivity contribution is 5.87. The van der Waals surface area contributed by atoms with Crippen LogP contribution in [0.4, 0.5) is 26.3 Å². The zero-order valence-electron chi connectivity index (χ0n) is 7.74. The summed E-state index contributed by atoms with van der Waals surface area (Å²) in [5.74, 6) is -8.17. The molecule has 0 saturated carbocycles. The number of ether oxygens (including phenoxy) is 1. The first-order valence-electron chi connectivity index (χ1n) is 3.57. The summed E-state index contributed by atoms with van der Waals surface area (Å²) in [6.45, 7) is 3.67. The number of halogens is 6. The van der Waals surface area contributed by atoms with Crippen molar-refractivity contribution in [3.05, 3.63) is 12.2 Å². The number of hydrogen-bond acceptors (Lipinski definition) is 3. The monoisotopic (exact) mass is 252 g/mol. The molecule has 0 aliphatic carbocycles. The summed E-state index contributed by atoms with van der Waals surface area (Å²) in [4.78, 5) is 10.5. The zero-order chi connectivity index (χ0) is 13.4. The average molecular weight is 252 g/mol. The number of esters is 1. The van der Waals surface area contributed by atoms with Crippen LogP contribution < -0.4 is 0 Å². The largest absolute Gasteiger partial charge is 0.463 e. The maximum absolute atomic E-state index is 12.6. The molecule has 0 aliphatic rings. The predicted octanol–water partition coefficient (Wildman–Crippen LogP) is 1.92. The van der Waals surface area contributed by atoms with Crippen LogP contribution in [0, 0.1) is 0 Å². The van der Waals surface area contributed by atoms with Crippen LogP contribution in [-0.4, -0.2) is 29.2 Å². The summed E-state index contributed by atoms with van der Waals surface area (Å²) in [6, 6.07) is -5.48. The van der Waals surface area contributed by atoms with Crippen LogP contribution in [0.25, 0.3) is 0 Å². The number of hydrogen-bond donors (Lipinski definition) is 1. The minimum Gasteiger partial charge on any atom is -0.396 e. The van der Waals surface area contributed by atoms with Gasteiger partial charge in [-0.25, -0.2) is 4.79 Å². The van der Waals surface area contributed by atoms with Gasteiger partial charge in [0.15, 0.2) is 0 Å². The molecule has 1 N–H and O–H groups in total. The molecule has 0 aliphatic heterocycles. The Morgan fingerprint density at radius 2 is 1.56 bits per heavy atom. The molecule has 3 nitrogen and oxygen atoms in total. The number of aliphatic hydroxyl groups is 1. The molecule has 0 amide bonds. The van der Waals surface area contributed by atoms with E-state index in [-0.39, 0.29) is 0 Å². The van der Waals surface area contributed by atoms with E-state index in [1.165, 1.54) is 0 Å². The number of carbonyl (C=O) groups excluding carboxylic acids is 1. The summed E-state index contributed by atoms with van der Waals surface area (Å²) in [5.41, 5.74) is -0.658. The van der Waals surface area contributed by atoms with E-state index in [1.54, 1.807) is 0 Å². The van der Waals surface area contributed by atoms with E-state index in [2.05, 4.69) is 11.3 Å². The van der Waals surface area contributed by atoms with Crippen LogP contribution in [0.1, 0.15) is 6.92 Å². The molecule has 0 aromatic heterocycles. The van der Waals surface area contributed by atoms with Crippen molar-refractivity contribution >= 4 is 5.97 Å². The Balaban J connectivity index is 5.06. The highest BCUT2D eigenvalue weighted by Gasteiger charge is 2.74. The topological polar surface area (TPSA) is 46.5 Å². The Bertz CT molecular complexity index is 306. The highest BCUT2D eigenvalue weighted by atomic mass is 19.4. The molecule has 0 aromatic carbocycles. The highest BCUT2D eigenvalue weighted by Crippen LogP contribution is 2.44. The van der Waals surface area contributed by atoms with E-state index in [4.69, 9.17) is 5.11 Å². The van der Waals surface area contributed by atoms with Gasteiger partial charge in [-0.1, -0.05) is 6.58 Å². The van der Waals surface area contributed by atoms with Crippen LogP contribution in [0.2, 0.25) is 0 Å². The third kappa shape index (κ3) is 2.65. The van der Waals surface area contributed by atoms with Gasteiger partial charge in [-0.2, -0.15) is 26.3 Å². The van der Waals surface area contributed by atoms with E-state index in [0.717, 1.165) is 6.92 Å². The van der Waals surface area contributed by atoms with Crippen LogP contribution >= 0.6 is 0 Å². The van der Waals surface area contributed by atoms with Crippen LogP contribution in [0.5, 0.6) is 0 Å². The van der Waals surface area contributed by atoms with E-state index < -0.39 is 29.7 Å². The zero-order valence-corrected chi connectivity index (χ0v) is 7.74. The van der Waals surface area contributed by atoms with Crippen LogP contribution in [0.15, 0.2) is 12.2 Å². The third-order valence-electron chi connectivity index (χ3n) is 1.32. The lowest BCUT2D eigenvalue weighted by Gasteiger charge is -2.28. The Kier molecular flexibility index (Phi) is 3.65. The smallest absolute Gasteiger partial charge is 0.396 e. The summed E-state index contributed by atoms with van der Waals surface area (Å²) >= 11 is 0. The third-order valence-corrected chi connectivity index (χ3v) is 1.32. The molecule has 0 bridgehead atoms. The molecule has 0 spiro atoms. The van der Waals surface area contributed by atoms with Crippen LogP contribution in [0.3, 0.4) is 0 Å². The van der Waals surface area contributed by atoms with Gasteiger partial charge in [0.2, 0.25) is 0 Å². The quantitative estimate of drug-likeness (QED) is 0.361. The van der Waals surface area contributed by atoms with Crippen molar-refractivity contribution in [2.24, 2.45) is 0 Å². The second-order valence-corrected chi connectivity index (χ2v) is 2.80. The fourth-order valence-electron chi connectivity index (χ4n) is 0.449. The molecular weight excluding hydrogens is 246 g/mol. The van der Waals surface area contributed by atoms with E-state index in [0.29, 0.717) is 0 Å². The van der Waals surface area contributed by atoms with Gasteiger partial charge in [0.25, 0.3) is 0 Å². The average Bonchev–Trinajstić information content (AvgIpc) is 2.00. The number of carbonyl (C=O) groups is 1. The van der Waals surface area contributed by atoms with E-state index in [9.17, 15) is 31.1 Å². The lowest BCUT2D eigenvalue weighted by molar-refractivity contribution is -0.436. The summed E-state index contributed by atoms with van der Waals surface area (Å²) in [5, 5.41) is 8.18. The second kappa shape index (κ2) is 3.96. The lowest BCUT2D eigenvalue weighted by atomic mass is 10.3. The Labute approximate surface area is 85.3 Å². The molecule has 9 heteroatoms. The van der Waals surface area contributed by atoms with Gasteiger partial charge in [-0.05, 0) is 6.92 Å². The van der Waals surface area contributed by atoms with Gasteiger partial charge < -0.3 is 9.84 Å². The van der Waals surface area contributed by atoms with E-state index in [1.807, 2.05) is 0 Å². The fourth-order valence-corrected chi connectivity index (χ4v) is 0.449. The molecule has 94 valence electrons. The normalized spacial score (nSPS) is 16.5. The Morgan fingerprint density at radius 1 is 1.19 bits per heavy atom. The van der Waals surface area contributed by atoms with Crippen molar-refractivity contribution < 1.29 is 41.0 Å². The molecule has 0 radical (unpaired) electrons. The molecule has 0 fully saturated rings. The summed E-state index contributed by atoms with van der Waals surface area (Å²) in [7, 11) is 0. The molecule has 1 atom stereocenters. The molecule has 0 rings (SSSR count). The minimum absolute atomic E-state index is 0.658. The number of alkyl halides is 6. The van der Waals surface area contributed by atoms with Gasteiger partial charge in [-0.3, -0.25) is 0 Å². The van der Waals surface area contributed by atoms with E-state index >= 15 is 0 Å². The van der Waals surface area contributed by atoms with Gasteiger partial charge >= 0.3 is 24.1 Å². The lowest BCUT2D eigenvalue weighted by Crippen LogP contribution is -2.56. The van der Waals surface area contributed by atoms with Crippen molar-refractivity contribution in [2.75, 3.05) is 0 Å². The van der Waals surface area contributed by atoms with Crippen molar-refractivity contribution in [1.29, 1.82) is 0 Å². The molecule has 1 unspecified atom stereocenters. The molecule has 0 heterocycles. The minimum atomic E-state index is -6.41. The summed E-state index contributed by atoms with van der Waals surface area (Å²) < 4.78 is 74.9. The first-order chi connectivity index (χ1) is 6.83. The molecule has 0 saturated heterocycles. The van der Waals surface area contributed by atoms with Crippen LogP contribution in [-0.2, 0) is 9.53 Å². The molecule has 16 heavy (non-hydrogen) atoms. The maximum atomic E-state index is 12.6. The first-order valence-corrected chi connectivity index (χ1v) is 3.57. The van der Waals surface area contributed by atoms with Gasteiger partial charge in [-0.15, -0.1) is 0 Å². The van der Waals surface area contributed by atoms with Crippen molar-refractivity contribution in [3.8, 4) is 0 Å². The second-order valence-electron chi connectivity index (χ2n) is 2.80.